The van der Waals surface area contributed by atoms with Crippen molar-refractivity contribution >= 4 is 29.4 Å². The molecule has 2 aromatic carbocycles. The number of carbonyl (C=O) groups excluding carboxylic acids is 5. The summed E-state index contributed by atoms with van der Waals surface area (Å²) in [6, 6.07) is 17.5. The predicted octanol–water partition coefficient (Wildman–Crippen LogP) is 2.06. The molecule has 0 saturated carbocycles. The molecule has 350 valence electrons. The molecule has 6 rings (SSSR count). The Balaban J connectivity index is 1.17. The number of hydrogen-bond donors (Lipinski definition) is 5. The Morgan fingerprint density at radius 1 is 0.766 bits per heavy atom. The number of carbonyl (C=O) groups is 5. The lowest BCUT2D eigenvalue weighted by Gasteiger charge is -2.39. The number of nitrogens with zero attached hydrogens (tertiary/aromatic N) is 4. The van der Waals surface area contributed by atoms with Crippen LogP contribution in [0.15, 0.2) is 72.8 Å². The number of rotatable bonds is 21. The highest BCUT2D eigenvalue weighted by atomic mass is 16.5. The molecule has 0 bridgehead atoms. The summed E-state index contributed by atoms with van der Waals surface area (Å²) in [6.07, 6.45) is 9.84. The maximum Gasteiger partial charge on any atom is 0.246 e. The van der Waals surface area contributed by atoms with Gasteiger partial charge >= 0.3 is 0 Å². The van der Waals surface area contributed by atoms with Crippen molar-refractivity contribution in [1.82, 2.24) is 40.9 Å². The van der Waals surface area contributed by atoms with Crippen molar-refractivity contribution in [3.8, 4) is 0 Å². The van der Waals surface area contributed by atoms with E-state index in [2.05, 4.69) is 62.6 Å². The lowest BCUT2D eigenvalue weighted by atomic mass is 9.95. The fourth-order valence-electron chi connectivity index (χ4n) is 10.2. The molecule has 6 N–H and O–H groups in total. The summed E-state index contributed by atoms with van der Waals surface area (Å²) in [7, 11) is 5.03. The predicted molar refractivity (Wildman–Crippen MR) is 248 cm³/mol. The van der Waals surface area contributed by atoms with Crippen molar-refractivity contribution in [2.45, 2.75) is 114 Å². The van der Waals surface area contributed by atoms with Gasteiger partial charge in [0, 0.05) is 46.4 Å². The number of fused-ring (bicyclic) bond motifs is 2. The standard InChI is InChI=1S/C49H73N9O6/c1-34(51-2)45(60)54-40(47(62)57-31-25-37-19-13-27-55(48(63)42(37)57)29-23-35-15-7-5-8-16-35)22-12-11-21-39(53-33-41(59)44(50)52-3)46(61)58-32-26-38-20-14-28-56(49(64-4)43(38)58)30-24-36-17-9-6-10-18-36/h5-12,15-18,34,37-40,42-44,49,51-53H,13-14,19-33,50H2,1-4H3,(H,54,60)/b12-11-/t34-,37+,38?,39-,40-,42-,43-,44+,49?/m0/s1. The molecule has 0 radical (unpaired) electrons. The van der Waals surface area contributed by atoms with Gasteiger partial charge in [-0.05, 0) is 108 Å². The van der Waals surface area contributed by atoms with Crippen molar-refractivity contribution in [2.75, 3.05) is 67.0 Å². The van der Waals surface area contributed by atoms with Crippen LogP contribution in [0.4, 0.5) is 0 Å². The minimum absolute atomic E-state index is 0.0266. The number of nitrogens with two attached hydrogens (primary N) is 1. The fourth-order valence-corrected chi connectivity index (χ4v) is 10.2. The minimum atomic E-state index is -0.931. The molecular weight excluding hydrogens is 811 g/mol. The summed E-state index contributed by atoms with van der Waals surface area (Å²) in [5, 5.41) is 11.9. The van der Waals surface area contributed by atoms with Crippen molar-refractivity contribution in [3.05, 3.63) is 83.9 Å². The first-order valence-corrected chi connectivity index (χ1v) is 23.6. The van der Waals surface area contributed by atoms with Gasteiger partial charge in [0.2, 0.25) is 23.6 Å². The summed E-state index contributed by atoms with van der Waals surface area (Å²) in [5.41, 5.74) is 8.42. The Morgan fingerprint density at radius 2 is 1.36 bits per heavy atom. The molecule has 15 nitrogen and oxygen atoms in total. The lowest BCUT2D eigenvalue weighted by molar-refractivity contribution is -0.146. The molecule has 0 aliphatic carbocycles. The van der Waals surface area contributed by atoms with E-state index in [1.807, 2.05) is 46.2 Å². The zero-order chi connectivity index (χ0) is 45.6. The highest BCUT2D eigenvalue weighted by molar-refractivity contribution is 5.94. The van der Waals surface area contributed by atoms with Crippen LogP contribution in [-0.2, 0) is 41.6 Å². The van der Waals surface area contributed by atoms with Crippen LogP contribution in [0.2, 0.25) is 0 Å². The number of amides is 4. The second-order valence-electron chi connectivity index (χ2n) is 18.0. The van der Waals surface area contributed by atoms with E-state index in [4.69, 9.17) is 10.5 Å². The van der Waals surface area contributed by atoms with Gasteiger partial charge in [0.25, 0.3) is 0 Å². The van der Waals surface area contributed by atoms with E-state index in [-0.39, 0.29) is 72.9 Å². The Labute approximate surface area is 380 Å². The molecule has 2 aromatic rings. The molecule has 4 fully saturated rings. The second-order valence-corrected chi connectivity index (χ2v) is 18.0. The average Bonchev–Trinajstić information content (AvgIpc) is 3.85. The van der Waals surface area contributed by atoms with Gasteiger partial charge in [0.15, 0.2) is 5.78 Å². The van der Waals surface area contributed by atoms with E-state index in [0.29, 0.717) is 26.2 Å². The molecule has 9 atom stereocenters. The van der Waals surface area contributed by atoms with Gasteiger partial charge in [-0.25, -0.2) is 0 Å². The molecule has 4 saturated heterocycles. The molecular formula is C49H73N9O6. The Hall–Kier alpha value is -4.51. The monoisotopic (exact) mass is 884 g/mol. The van der Waals surface area contributed by atoms with Crippen molar-refractivity contribution in [2.24, 2.45) is 17.6 Å². The van der Waals surface area contributed by atoms with E-state index >= 15 is 0 Å². The van der Waals surface area contributed by atoms with Crippen LogP contribution in [0, 0.1) is 11.8 Å². The third-order valence-corrected chi connectivity index (χ3v) is 14.0. The van der Waals surface area contributed by atoms with Crippen LogP contribution >= 0.6 is 0 Å². The largest absolute Gasteiger partial charge is 0.364 e. The first kappa shape index (κ1) is 48.9. The van der Waals surface area contributed by atoms with Crippen molar-refractivity contribution in [3.63, 3.8) is 0 Å². The molecule has 0 aromatic heterocycles. The molecule has 15 heteroatoms. The lowest BCUT2D eigenvalue weighted by Crippen LogP contribution is -2.57. The van der Waals surface area contributed by atoms with Crippen LogP contribution in [-0.4, -0.2) is 159 Å². The summed E-state index contributed by atoms with van der Waals surface area (Å²) in [4.78, 5) is 77.8. The van der Waals surface area contributed by atoms with Gasteiger partial charge < -0.3 is 35.8 Å². The zero-order valence-electron chi connectivity index (χ0n) is 38.5. The normalized spacial score (nSPS) is 24.7. The number of benzene rings is 2. The van der Waals surface area contributed by atoms with Crippen LogP contribution < -0.4 is 27.0 Å². The molecule has 4 heterocycles. The van der Waals surface area contributed by atoms with E-state index in [1.165, 1.54) is 5.56 Å². The van der Waals surface area contributed by atoms with Gasteiger partial charge in [-0.3, -0.25) is 39.5 Å². The number of likely N-dealkylation sites (tertiary alicyclic amines) is 4. The average molecular weight is 884 g/mol. The van der Waals surface area contributed by atoms with Crippen LogP contribution in [0.3, 0.4) is 0 Å². The Kier molecular flexibility index (Phi) is 18.5. The van der Waals surface area contributed by atoms with Gasteiger partial charge in [0.05, 0.1) is 24.7 Å². The van der Waals surface area contributed by atoms with Crippen LogP contribution in [0.1, 0.15) is 69.4 Å². The number of ether oxygens (including phenoxy) is 1. The van der Waals surface area contributed by atoms with E-state index in [0.717, 1.165) is 70.0 Å². The third kappa shape index (κ3) is 12.4. The summed E-state index contributed by atoms with van der Waals surface area (Å²) < 4.78 is 6.24. The first-order valence-electron chi connectivity index (χ1n) is 23.6. The summed E-state index contributed by atoms with van der Waals surface area (Å²) in [5.74, 6) is -0.695. The zero-order valence-corrected chi connectivity index (χ0v) is 38.5. The summed E-state index contributed by atoms with van der Waals surface area (Å²) in [6.45, 7) is 5.56. The number of ketones is 1. The maximum absolute atomic E-state index is 14.8. The van der Waals surface area contributed by atoms with Crippen LogP contribution in [0.5, 0.6) is 0 Å². The maximum atomic E-state index is 14.8. The highest BCUT2D eigenvalue weighted by Crippen LogP contribution is 2.37. The molecule has 4 aliphatic heterocycles. The minimum Gasteiger partial charge on any atom is -0.364 e. The van der Waals surface area contributed by atoms with Gasteiger partial charge in [-0.15, -0.1) is 0 Å². The SMILES string of the molecule is CN[C@@H](C)C(=O)N[C@@H](C/C=C\C[C@H](NCC(=O)[C@H](N)NC)C(=O)N1CCC2CCCN(CCc3ccccc3)C(OC)[C@H]21)C(=O)N1CC[C@H]2CCCN(CCc3ccccc3)C(=O)[C@H]21. The van der Waals surface area contributed by atoms with Gasteiger partial charge in [-0.1, -0.05) is 72.8 Å². The number of nitrogens with one attached hydrogen (secondary N) is 4. The number of methoxy groups -OCH3 is 1. The van der Waals surface area contributed by atoms with E-state index in [9.17, 15) is 24.0 Å². The van der Waals surface area contributed by atoms with Gasteiger partial charge in [0.1, 0.15) is 24.5 Å². The first-order chi connectivity index (χ1) is 31.0. The van der Waals surface area contributed by atoms with Gasteiger partial charge in [-0.2, -0.15) is 0 Å². The molecule has 4 amide bonds. The van der Waals surface area contributed by atoms with E-state index in [1.54, 1.807) is 33.0 Å². The van der Waals surface area contributed by atoms with Crippen molar-refractivity contribution in [1.29, 1.82) is 0 Å². The number of Topliss-reactive ketones (excluding diaryl/α,β-unsaturated/α-hetero) is 1. The van der Waals surface area contributed by atoms with Crippen LogP contribution in [0.25, 0.3) is 0 Å². The fraction of sp³-hybridized carbons (Fsp3) is 0.612. The summed E-state index contributed by atoms with van der Waals surface area (Å²) >= 11 is 0. The number of hydrogen-bond acceptors (Lipinski definition) is 11. The molecule has 2 unspecified atom stereocenters. The Morgan fingerprint density at radius 3 is 2.02 bits per heavy atom. The highest BCUT2D eigenvalue weighted by Gasteiger charge is 2.48. The van der Waals surface area contributed by atoms with Crippen molar-refractivity contribution < 1.29 is 28.7 Å². The van der Waals surface area contributed by atoms with E-state index < -0.39 is 30.3 Å². The Bertz CT molecular complexity index is 1870. The molecule has 0 spiro atoms. The third-order valence-electron chi connectivity index (χ3n) is 14.0. The molecule has 64 heavy (non-hydrogen) atoms. The topological polar surface area (TPSA) is 182 Å². The number of likely N-dealkylation sites (N-methyl/N-ethyl adjacent to an activating group) is 2. The smallest absolute Gasteiger partial charge is 0.246 e. The second kappa shape index (κ2) is 24.1. The molecule has 4 aliphatic rings. The quantitative estimate of drug-likeness (QED) is 0.0916.